The van der Waals surface area contributed by atoms with Gasteiger partial charge < -0.3 is 19.7 Å². The molecule has 25 heavy (non-hydrogen) atoms. The number of β-amino-alcohol motifs (C(OH)–C–C–N with tert-alkyl or cyclic N) is 1. The van der Waals surface area contributed by atoms with Crippen LogP contribution in [-0.4, -0.2) is 77.8 Å². The van der Waals surface area contributed by atoms with Crippen LogP contribution < -0.4 is 0 Å². The molecular formula is C19H27N3O3. The van der Waals surface area contributed by atoms with Crippen molar-refractivity contribution < 1.29 is 14.6 Å². The molecule has 2 aromatic rings. The molecule has 1 aliphatic rings. The van der Waals surface area contributed by atoms with Gasteiger partial charge >= 0.3 is 0 Å². The first-order chi connectivity index (χ1) is 12.1. The summed E-state index contributed by atoms with van der Waals surface area (Å²) in [6.07, 6.45) is -0.473. The van der Waals surface area contributed by atoms with Gasteiger partial charge in [-0.3, -0.25) is 9.69 Å². The highest BCUT2D eigenvalue weighted by molar-refractivity contribution is 5.98. The Balaban J connectivity index is 1.55. The van der Waals surface area contributed by atoms with Gasteiger partial charge in [-0.05, 0) is 31.5 Å². The van der Waals surface area contributed by atoms with Gasteiger partial charge in [0.05, 0.1) is 12.7 Å². The molecule has 1 unspecified atom stereocenters. The first-order valence-electron chi connectivity index (χ1n) is 8.93. The molecule has 0 bridgehead atoms. The minimum atomic E-state index is -0.473. The molecule has 1 aromatic carbocycles. The number of fused-ring (bicyclic) bond motifs is 1. The van der Waals surface area contributed by atoms with Gasteiger partial charge in [-0.15, -0.1) is 0 Å². The molecule has 6 nitrogen and oxygen atoms in total. The van der Waals surface area contributed by atoms with E-state index in [2.05, 4.69) is 22.0 Å². The lowest BCUT2D eigenvalue weighted by molar-refractivity contribution is 0.0110. The smallest absolute Gasteiger partial charge is 0.270 e. The molecule has 0 radical (unpaired) electrons. The number of nitrogens with one attached hydrogen (secondary N) is 1. The zero-order valence-corrected chi connectivity index (χ0v) is 15.0. The van der Waals surface area contributed by atoms with E-state index in [1.165, 1.54) is 5.56 Å². The summed E-state index contributed by atoms with van der Waals surface area (Å²) in [6, 6.07) is 8.07. The number of aryl methyl sites for hydroxylation is 1. The third-order valence-corrected chi connectivity index (χ3v) is 4.65. The average molecular weight is 345 g/mol. The quantitative estimate of drug-likeness (QED) is 0.835. The minimum absolute atomic E-state index is 0.0448. The van der Waals surface area contributed by atoms with Crippen LogP contribution in [0.2, 0.25) is 0 Å². The van der Waals surface area contributed by atoms with Crippen LogP contribution in [0.3, 0.4) is 0 Å². The van der Waals surface area contributed by atoms with E-state index in [1.54, 1.807) is 0 Å². The van der Waals surface area contributed by atoms with Crippen LogP contribution >= 0.6 is 0 Å². The summed E-state index contributed by atoms with van der Waals surface area (Å²) in [5, 5.41) is 11.0. The number of aliphatic hydroxyl groups excluding tert-OH is 1. The highest BCUT2D eigenvalue weighted by atomic mass is 16.5. The fourth-order valence-electron chi connectivity index (χ4n) is 3.26. The van der Waals surface area contributed by atoms with E-state index in [1.807, 2.05) is 30.9 Å². The van der Waals surface area contributed by atoms with Crippen LogP contribution in [0.15, 0.2) is 24.3 Å². The van der Waals surface area contributed by atoms with Crippen LogP contribution in [0.25, 0.3) is 10.9 Å². The molecule has 2 N–H and O–H groups in total. The van der Waals surface area contributed by atoms with Crippen LogP contribution in [-0.2, 0) is 4.74 Å². The Bertz CT molecular complexity index is 720. The van der Waals surface area contributed by atoms with Crippen LogP contribution in [0.5, 0.6) is 0 Å². The Morgan fingerprint density at radius 3 is 2.76 bits per heavy atom. The lowest BCUT2D eigenvalue weighted by Gasteiger charge is -2.35. The number of carbonyl (C=O) groups is 1. The monoisotopic (exact) mass is 345 g/mol. The molecule has 3 rings (SSSR count). The zero-order valence-electron chi connectivity index (χ0n) is 15.0. The SMILES string of the molecule is CCOCC(O)CN1CCN(C(=O)c2cc3ccc(C)cc3[nH]2)CC1. The zero-order chi connectivity index (χ0) is 17.8. The highest BCUT2D eigenvalue weighted by Gasteiger charge is 2.24. The number of aromatic amines is 1. The van der Waals surface area contributed by atoms with Crippen molar-refractivity contribution in [3.8, 4) is 0 Å². The number of nitrogens with zero attached hydrogens (tertiary/aromatic N) is 2. The van der Waals surface area contributed by atoms with Gasteiger partial charge in [0, 0.05) is 50.2 Å². The van der Waals surface area contributed by atoms with Crippen molar-refractivity contribution in [3.05, 3.63) is 35.5 Å². The molecule has 2 heterocycles. The summed E-state index contributed by atoms with van der Waals surface area (Å²) >= 11 is 0. The van der Waals surface area contributed by atoms with Gasteiger partial charge in [0.25, 0.3) is 5.91 Å². The predicted molar refractivity (Wildman–Crippen MR) is 97.9 cm³/mol. The van der Waals surface area contributed by atoms with Crippen molar-refractivity contribution in [3.63, 3.8) is 0 Å². The first-order valence-corrected chi connectivity index (χ1v) is 8.93. The summed E-state index contributed by atoms with van der Waals surface area (Å²) in [5.41, 5.74) is 2.82. The molecular weight excluding hydrogens is 318 g/mol. The molecule has 136 valence electrons. The average Bonchev–Trinajstić information content (AvgIpc) is 3.03. The van der Waals surface area contributed by atoms with Gasteiger partial charge in [-0.25, -0.2) is 0 Å². The number of hydrogen-bond donors (Lipinski definition) is 2. The fourth-order valence-corrected chi connectivity index (χ4v) is 3.26. The summed E-state index contributed by atoms with van der Waals surface area (Å²) in [6.45, 7) is 8.43. The number of piperazine rings is 1. The van der Waals surface area contributed by atoms with Crippen molar-refractivity contribution in [1.29, 1.82) is 0 Å². The molecule has 1 aliphatic heterocycles. The Labute approximate surface area is 148 Å². The molecule has 1 saturated heterocycles. The van der Waals surface area contributed by atoms with Crippen molar-refractivity contribution in [2.75, 3.05) is 45.9 Å². The number of aromatic nitrogens is 1. The number of carbonyl (C=O) groups excluding carboxylic acids is 1. The molecule has 1 fully saturated rings. The van der Waals surface area contributed by atoms with E-state index in [-0.39, 0.29) is 5.91 Å². The normalized spacial score (nSPS) is 17.2. The number of ether oxygens (including phenoxy) is 1. The second-order valence-electron chi connectivity index (χ2n) is 6.68. The lowest BCUT2D eigenvalue weighted by atomic mass is 10.2. The fraction of sp³-hybridized carbons (Fsp3) is 0.526. The molecule has 1 amide bonds. The maximum absolute atomic E-state index is 12.7. The minimum Gasteiger partial charge on any atom is -0.389 e. The molecule has 0 spiro atoms. The predicted octanol–water partition coefficient (Wildman–Crippen LogP) is 1.63. The molecule has 0 aliphatic carbocycles. The van der Waals surface area contributed by atoms with E-state index < -0.39 is 6.10 Å². The second-order valence-corrected chi connectivity index (χ2v) is 6.68. The van der Waals surface area contributed by atoms with Gasteiger partial charge in [0.1, 0.15) is 5.69 Å². The standard InChI is InChI=1S/C19H27N3O3/c1-3-25-13-16(23)12-21-6-8-22(9-7-21)19(24)18-11-15-5-4-14(2)10-17(15)20-18/h4-5,10-11,16,20,23H,3,6-9,12-13H2,1-2H3. The maximum Gasteiger partial charge on any atom is 0.270 e. The molecule has 1 aromatic heterocycles. The third-order valence-electron chi connectivity index (χ3n) is 4.65. The maximum atomic E-state index is 12.7. The molecule has 1 atom stereocenters. The highest BCUT2D eigenvalue weighted by Crippen LogP contribution is 2.18. The van der Waals surface area contributed by atoms with E-state index in [9.17, 15) is 9.90 Å². The first kappa shape index (κ1) is 17.9. The summed E-state index contributed by atoms with van der Waals surface area (Å²) in [5.74, 6) is 0.0448. The van der Waals surface area contributed by atoms with Crippen LogP contribution in [0.1, 0.15) is 23.0 Å². The lowest BCUT2D eigenvalue weighted by Crippen LogP contribution is -2.50. The largest absolute Gasteiger partial charge is 0.389 e. The summed E-state index contributed by atoms with van der Waals surface area (Å²) in [4.78, 5) is 20.0. The van der Waals surface area contributed by atoms with E-state index >= 15 is 0 Å². The summed E-state index contributed by atoms with van der Waals surface area (Å²) < 4.78 is 5.25. The second kappa shape index (κ2) is 7.99. The van der Waals surface area contributed by atoms with Gasteiger partial charge in [0.2, 0.25) is 0 Å². The molecule has 0 saturated carbocycles. The Morgan fingerprint density at radius 2 is 2.04 bits per heavy atom. The number of rotatable bonds is 6. The topological polar surface area (TPSA) is 68.8 Å². The van der Waals surface area contributed by atoms with Crippen molar-refractivity contribution in [2.45, 2.75) is 20.0 Å². The Morgan fingerprint density at radius 1 is 1.28 bits per heavy atom. The molecule has 6 heteroatoms. The number of hydrogen-bond acceptors (Lipinski definition) is 4. The van der Waals surface area contributed by atoms with Gasteiger partial charge in [0.15, 0.2) is 0 Å². The van der Waals surface area contributed by atoms with Crippen LogP contribution in [0.4, 0.5) is 0 Å². The third kappa shape index (κ3) is 4.39. The van der Waals surface area contributed by atoms with E-state index in [0.717, 1.165) is 24.0 Å². The Kier molecular flexibility index (Phi) is 5.73. The van der Waals surface area contributed by atoms with Gasteiger partial charge in [-0.2, -0.15) is 0 Å². The summed E-state index contributed by atoms with van der Waals surface area (Å²) in [7, 11) is 0. The number of H-pyrrole nitrogens is 1. The Hall–Kier alpha value is -1.89. The van der Waals surface area contributed by atoms with Gasteiger partial charge in [-0.1, -0.05) is 12.1 Å². The van der Waals surface area contributed by atoms with E-state index in [0.29, 0.717) is 38.5 Å². The van der Waals surface area contributed by atoms with Crippen LogP contribution in [0, 0.1) is 6.92 Å². The number of amides is 1. The van der Waals surface area contributed by atoms with Crippen molar-refractivity contribution in [1.82, 2.24) is 14.8 Å². The van der Waals surface area contributed by atoms with Crippen molar-refractivity contribution in [2.24, 2.45) is 0 Å². The van der Waals surface area contributed by atoms with Crippen molar-refractivity contribution >= 4 is 16.8 Å². The number of aliphatic hydroxyl groups is 1. The number of benzene rings is 1. The van der Waals surface area contributed by atoms with E-state index in [4.69, 9.17) is 4.74 Å².